The molecule has 1 amide bonds. The number of carbonyl (C=O) groups excluding carboxylic acids is 1. The molecule has 0 aliphatic carbocycles. The van der Waals surface area contributed by atoms with Crippen molar-refractivity contribution >= 4 is 62.6 Å². The van der Waals surface area contributed by atoms with E-state index in [1.807, 2.05) is 94.0 Å². The molecule has 1 atom stereocenters. The first-order valence-electron chi connectivity index (χ1n) is 20.2. The van der Waals surface area contributed by atoms with Crippen LogP contribution in [0.2, 0.25) is 10.0 Å². The first-order chi connectivity index (χ1) is 29.3. The summed E-state index contributed by atoms with van der Waals surface area (Å²) in [7, 11) is 3.47. The van der Waals surface area contributed by atoms with E-state index in [0.29, 0.717) is 59.0 Å². The summed E-state index contributed by atoms with van der Waals surface area (Å²) >= 11 is 13.6. The summed E-state index contributed by atoms with van der Waals surface area (Å²) in [6.45, 7) is 11.2. The monoisotopic (exact) mass is 862 g/mol. The zero-order chi connectivity index (χ0) is 43.3. The maximum Gasteiger partial charge on any atom is 0.352 e. The molecule has 316 valence electrons. The summed E-state index contributed by atoms with van der Waals surface area (Å²) in [6.07, 6.45) is 2.83. The minimum Gasteiger partial charge on any atom is -0.494 e. The van der Waals surface area contributed by atoms with Gasteiger partial charge in [-0.1, -0.05) is 35.3 Å². The van der Waals surface area contributed by atoms with Gasteiger partial charge in [0.15, 0.2) is 0 Å². The average molecular weight is 864 g/mol. The maximum atomic E-state index is 15.6. The van der Waals surface area contributed by atoms with Gasteiger partial charge in [0.25, 0.3) is 5.91 Å². The smallest absolute Gasteiger partial charge is 0.352 e. The van der Waals surface area contributed by atoms with Gasteiger partial charge in [0.2, 0.25) is 0 Å². The number of ether oxygens (including phenoxy) is 3. The van der Waals surface area contributed by atoms with Crippen molar-refractivity contribution in [2.45, 2.75) is 66.7 Å². The number of aromatic carboxylic acids is 1. The van der Waals surface area contributed by atoms with Gasteiger partial charge in [0, 0.05) is 65.6 Å². The molecule has 14 heteroatoms. The van der Waals surface area contributed by atoms with Gasteiger partial charge in [-0.05, 0) is 118 Å². The van der Waals surface area contributed by atoms with Crippen molar-refractivity contribution in [1.29, 1.82) is 0 Å². The van der Waals surface area contributed by atoms with E-state index in [9.17, 15) is 9.90 Å². The standard InChI is InChI=1S/C47H48Cl2N6O6/c1-26-17-34(18-27(2)42(26)49)61-16-10-12-35-36-13-14-37(48)41(40-29(4)51-52(6)30(40)5)44(36)55-28(3)22-54(46(56)45(35)55)38-20-31(24-60-25-59-7)19-32-21-39(47(57)58)53(43(32)38)23-33-11-8-9-15-50-33/h8-9,11,13-15,17-21,28H,10,12,16,22-25H2,1-7H3,(H,57,58)/t28-/m1/s1. The zero-order valence-corrected chi connectivity index (χ0v) is 36.8. The van der Waals surface area contributed by atoms with E-state index in [1.165, 1.54) is 0 Å². The molecule has 0 radical (unpaired) electrons. The number of hydrogen-bond acceptors (Lipinski definition) is 7. The SMILES string of the molecule is COCOCc1cc(N2C[C@@H](C)n3c(c(CCCOc4cc(C)c(Cl)c(C)c4)c4ccc(Cl)c(-c5c(C)nn(C)c5C)c43)C2=O)c2c(c1)cc(C(=O)O)n2Cc1ccccn1. The van der Waals surface area contributed by atoms with Gasteiger partial charge in [0.05, 0.1) is 52.9 Å². The van der Waals surface area contributed by atoms with Crippen LogP contribution in [0.25, 0.3) is 32.9 Å². The van der Waals surface area contributed by atoms with Crippen LogP contribution in [0.15, 0.2) is 66.9 Å². The Morgan fingerprint density at radius 2 is 1.75 bits per heavy atom. The van der Waals surface area contributed by atoms with Crippen LogP contribution >= 0.6 is 23.2 Å². The fourth-order valence-corrected chi connectivity index (χ4v) is 9.27. The predicted molar refractivity (Wildman–Crippen MR) is 239 cm³/mol. The van der Waals surface area contributed by atoms with E-state index in [2.05, 4.69) is 16.5 Å². The van der Waals surface area contributed by atoms with E-state index in [4.69, 9.17) is 42.5 Å². The Labute approximate surface area is 364 Å². The predicted octanol–water partition coefficient (Wildman–Crippen LogP) is 10.0. The van der Waals surface area contributed by atoms with E-state index in [-0.39, 0.29) is 37.6 Å². The number of aromatic nitrogens is 5. The molecule has 4 aromatic heterocycles. The number of amides is 1. The number of carboxylic acids is 1. The van der Waals surface area contributed by atoms with Crippen molar-refractivity contribution in [3.63, 3.8) is 0 Å². The molecule has 0 fully saturated rings. The third-order valence-electron chi connectivity index (χ3n) is 11.6. The molecule has 0 bridgehead atoms. The third kappa shape index (κ3) is 7.67. The number of methoxy groups -OCH3 is 1. The second kappa shape index (κ2) is 17.0. The molecule has 0 saturated carbocycles. The quantitative estimate of drug-likeness (QED) is 0.0846. The number of carboxylic acid groups (broad SMARTS) is 1. The molecule has 0 unspecified atom stereocenters. The maximum absolute atomic E-state index is 15.6. The Kier molecular flexibility index (Phi) is 11.7. The number of pyridine rings is 1. The summed E-state index contributed by atoms with van der Waals surface area (Å²) in [4.78, 5) is 34.8. The minimum absolute atomic E-state index is 0.0688. The number of carbonyl (C=O) groups is 2. The Morgan fingerprint density at radius 3 is 2.43 bits per heavy atom. The van der Waals surface area contributed by atoms with Gasteiger partial charge < -0.3 is 33.4 Å². The van der Waals surface area contributed by atoms with Crippen LogP contribution in [0.1, 0.15) is 79.7 Å². The molecule has 0 saturated heterocycles. The van der Waals surface area contributed by atoms with E-state index >= 15 is 4.79 Å². The van der Waals surface area contributed by atoms with Crippen molar-refractivity contribution in [3.05, 3.63) is 128 Å². The van der Waals surface area contributed by atoms with E-state index in [1.54, 1.807) is 28.8 Å². The molecule has 8 rings (SSSR count). The lowest BCUT2D eigenvalue weighted by Gasteiger charge is -2.35. The highest BCUT2D eigenvalue weighted by atomic mass is 35.5. The fraction of sp³-hybridized carbons (Fsp3) is 0.319. The van der Waals surface area contributed by atoms with Gasteiger partial charge in [0.1, 0.15) is 23.9 Å². The first-order valence-corrected chi connectivity index (χ1v) is 21.0. The summed E-state index contributed by atoms with van der Waals surface area (Å²) < 4.78 is 23.0. The van der Waals surface area contributed by atoms with Gasteiger partial charge >= 0.3 is 5.97 Å². The van der Waals surface area contributed by atoms with Crippen molar-refractivity contribution in [2.75, 3.05) is 32.0 Å². The van der Waals surface area contributed by atoms with Crippen molar-refractivity contribution in [1.82, 2.24) is 23.9 Å². The van der Waals surface area contributed by atoms with Crippen LogP contribution in [0.5, 0.6) is 5.75 Å². The number of anilines is 1. The van der Waals surface area contributed by atoms with Gasteiger partial charge in [-0.3, -0.25) is 14.5 Å². The van der Waals surface area contributed by atoms with Gasteiger partial charge in [-0.2, -0.15) is 5.10 Å². The lowest BCUT2D eigenvalue weighted by molar-refractivity contribution is -0.0390. The van der Waals surface area contributed by atoms with E-state index < -0.39 is 5.97 Å². The van der Waals surface area contributed by atoms with Crippen molar-refractivity contribution < 1.29 is 28.9 Å². The number of rotatable bonds is 14. The number of hydrogen-bond donors (Lipinski definition) is 1. The van der Waals surface area contributed by atoms with Crippen LogP contribution in [-0.4, -0.2) is 67.9 Å². The Hall–Kier alpha value is -5.66. The molecule has 7 aromatic rings. The van der Waals surface area contributed by atoms with Crippen LogP contribution < -0.4 is 9.64 Å². The van der Waals surface area contributed by atoms with Crippen molar-refractivity contribution in [3.8, 4) is 16.9 Å². The van der Waals surface area contributed by atoms with Gasteiger partial charge in [-0.15, -0.1) is 0 Å². The van der Waals surface area contributed by atoms with E-state index in [0.717, 1.165) is 66.4 Å². The lowest BCUT2D eigenvalue weighted by atomic mass is 9.98. The van der Waals surface area contributed by atoms with Crippen LogP contribution in [0.3, 0.4) is 0 Å². The minimum atomic E-state index is -1.09. The molecule has 1 aliphatic heterocycles. The Bertz CT molecular complexity index is 2820. The molecule has 1 N–H and O–H groups in total. The zero-order valence-electron chi connectivity index (χ0n) is 35.3. The van der Waals surface area contributed by atoms with Crippen molar-refractivity contribution in [2.24, 2.45) is 7.05 Å². The molecule has 5 heterocycles. The Morgan fingerprint density at radius 1 is 0.984 bits per heavy atom. The Balaban J connectivity index is 1.31. The number of fused-ring (bicyclic) bond motifs is 4. The lowest BCUT2D eigenvalue weighted by Crippen LogP contribution is -2.43. The second-order valence-electron chi connectivity index (χ2n) is 15.8. The fourth-order valence-electron chi connectivity index (χ4n) is 8.92. The third-order valence-corrected chi connectivity index (χ3v) is 12.5. The van der Waals surface area contributed by atoms with Gasteiger partial charge in [-0.25, -0.2) is 4.79 Å². The normalized spacial score (nSPS) is 14.1. The van der Waals surface area contributed by atoms with Crippen LogP contribution in [-0.2, 0) is 36.1 Å². The molecule has 0 spiro atoms. The second-order valence-corrected chi connectivity index (χ2v) is 16.6. The topological polar surface area (TPSA) is 126 Å². The summed E-state index contributed by atoms with van der Waals surface area (Å²) in [6, 6.07) is 18.6. The molecular weight excluding hydrogens is 815 g/mol. The average Bonchev–Trinajstić information content (AvgIpc) is 3.85. The summed E-state index contributed by atoms with van der Waals surface area (Å²) in [5.41, 5.74) is 10.5. The molecule has 12 nitrogen and oxygen atoms in total. The summed E-state index contributed by atoms with van der Waals surface area (Å²) in [5, 5.41) is 18.1. The number of benzene rings is 3. The van der Waals surface area contributed by atoms with Crippen LogP contribution in [0.4, 0.5) is 5.69 Å². The number of aryl methyl sites for hydroxylation is 5. The highest BCUT2D eigenvalue weighted by molar-refractivity contribution is 6.35. The number of halogens is 2. The highest BCUT2D eigenvalue weighted by Gasteiger charge is 2.38. The first kappa shape index (κ1) is 42.0. The van der Waals surface area contributed by atoms with Crippen LogP contribution in [0, 0.1) is 27.7 Å². The number of nitrogens with zero attached hydrogens (tertiary/aromatic N) is 6. The largest absolute Gasteiger partial charge is 0.494 e. The molecular formula is C47H48Cl2N6O6. The molecule has 3 aromatic carbocycles. The summed E-state index contributed by atoms with van der Waals surface area (Å²) in [5.74, 6) is -0.564. The highest BCUT2D eigenvalue weighted by Crippen LogP contribution is 2.46. The molecule has 1 aliphatic rings. The molecule has 61 heavy (non-hydrogen) atoms.